The Morgan fingerprint density at radius 2 is 1.88 bits per heavy atom. The fraction of sp³-hybridized carbons (Fsp3) is 0.438. The zero-order valence-corrected chi connectivity index (χ0v) is 15.3. The maximum atomic E-state index is 12.8. The third-order valence-corrected chi connectivity index (χ3v) is 6.09. The Morgan fingerprint density at radius 3 is 2.36 bits per heavy atom. The molecule has 0 radical (unpaired) electrons. The van der Waals surface area contributed by atoms with Crippen molar-refractivity contribution in [2.45, 2.75) is 38.3 Å². The zero-order chi connectivity index (χ0) is 18.8. The number of alkyl halides is 2. The van der Waals surface area contributed by atoms with Crippen molar-refractivity contribution in [2.24, 2.45) is 0 Å². The average Bonchev–Trinajstić information content (AvgIpc) is 2.97. The van der Waals surface area contributed by atoms with Gasteiger partial charge >= 0.3 is 6.55 Å². The van der Waals surface area contributed by atoms with Gasteiger partial charge in [0.1, 0.15) is 10.6 Å². The van der Waals surface area contributed by atoms with Crippen LogP contribution in [0.1, 0.15) is 37.7 Å². The van der Waals surface area contributed by atoms with Crippen LogP contribution >= 0.6 is 0 Å². The van der Waals surface area contributed by atoms with Crippen LogP contribution in [0.3, 0.4) is 0 Å². The number of nitrogens with zero attached hydrogens (tertiary/aromatic N) is 3. The molecule has 0 spiro atoms. The minimum absolute atomic E-state index is 0.0965. The summed E-state index contributed by atoms with van der Waals surface area (Å²) in [6.07, 6.45) is 0.957. The lowest BCUT2D eigenvalue weighted by molar-refractivity contribution is 0.0541. The quantitative estimate of drug-likeness (QED) is 0.746. The first-order valence-corrected chi connectivity index (χ1v) is 9.17. The van der Waals surface area contributed by atoms with Crippen molar-refractivity contribution >= 4 is 10.0 Å². The van der Waals surface area contributed by atoms with Crippen LogP contribution < -0.4 is 4.74 Å². The molecule has 1 aromatic carbocycles. The van der Waals surface area contributed by atoms with Crippen molar-refractivity contribution in [1.82, 2.24) is 14.1 Å². The number of hydrogen-bond acceptors (Lipinski definition) is 4. The molecule has 0 amide bonds. The van der Waals surface area contributed by atoms with Crippen LogP contribution in [0.5, 0.6) is 5.75 Å². The van der Waals surface area contributed by atoms with E-state index in [0.717, 1.165) is 16.1 Å². The molecule has 6 nitrogen and oxygen atoms in total. The Kier molecular flexibility index (Phi) is 5.79. The van der Waals surface area contributed by atoms with E-state index >= 15 is 0 Å². The SMILES string of the molecule is CCOc1ccc([C@H](C)N(C)S(=O)(=O)c2cnn(C(F)F)c2C)cc1. The third-order valence-electron chi connectivity index (χ3n) is 4.06. The number of ether oxygens (including phenoxy) is 1. The monoisotopic (exact) mass is 373 g/mol. The number of halogens is 2. The number of benzene rings is 1. The lowest BCUT2D eigenvalue weighted by Crippen LogP contribution is -2.30. The molecule has 2 aromatic rings. The van der Waals surface area contributed by atoms with E-state index in [1.54, 1.807) is 31.2 Å². The molecule has 1 atom stereocenters. The third kappa shape index (κ3) is 3.82. The maximum absolute atomic E-state index is 12.8. The summed E-state index contributed by atoms with van der Waals surface area (Å²) in [5, 5.41) is 3.47. The summed E-state index contributed by atoms with van der Waals surface area (Å²) in [5.74, 6) is 0.693. The summed E-state index contributed by atoms with van der Waals surface area (Å²) in [7, 11) is -2.55. The molecular weight excluding hydrogens is 352 g/mol. The molecule has 0 fully saturated rings. The Bertz CT molecular complexity index is 820. The van der Waals surface area contributed by atoms with E-state index in [0.29, 0.717) is 17.0 Å². The first kappa shape index (κ1) is 19.3. The second kappa shape index (κ2) is 7.49. The standard InChI is InChI=1S/C16H21F2N3O3S/c1-5-24-14-8-6-13(7-9-14)11(2)20(4)25(22,23)15-10-19-21(12(15)3)16(17)18/h6-11,16H,5H2,1-4H3/t11-/m0/s1. The molecule has 0 bridgehead atoms. The topological polar surface area (TPSA) is 64.4 Å². The molecule has 0 aliphatic rings. The van der Waals surface area contributed by atoms with Gasteiger partial charge in [-0.25, -0.2) is 13.1 Å². The highest BCUT2D eigenvalue weighted by Crippen LogP contribution is 2.29. The molecule has 0 aliphatic heterocycles. The normalized spacial score (nSPS) is 13.4. The molecule has 0 unspecified atom stereocenters. The lowest BCUT2D eigenvalue weighted by atomic mass is 10.1. The zero-order valence-electron chi connectivity index (χ0n) is 14.5. The molecule has 1 heterocycles. The summed E-state index contributed by atoms with van der Waals surface area (Å²) < 4.78 is 58.1. The van der Waals surface area contributed by atoms with Crippen LogP contribution in [0.4, 0.5) is 8.78 Å². The van der Waals surface area contributed by atoms with Gasteiger partial charge < -0.3 is 4.74 Å². The fourth-order valence-electron chi connectivity index (χ4n) is 2.44. The van der Waals surface area contributed by atoms with E-state index in [1.807, 2.05) is 6.92 Å². The van der Waals surface area contributed by atoms with Gasteiger partial charge in [-0.3, -0.25) is 0 Å². The molecule has 0 saturated carbocycles. The molecule has 0 N–H and O–H groups in total. The molecule has 138 valence electrons. The summed E-state index contributed by atoms with van der Waals surface area (Å²) in [4.78, 5) is -0.229. The molecule has 2 rings (SSSR count). The minimum atomic E-state index is -3.96. The van der Waals surface area contributed by atoms with Crippen LogP contribution in [-0.4, -0.2) is 36.2 Å². The van der Waals surface area contributed by atoms with Crippen molar-refractivity contribution < 1.29 is 21.9 Å². The van der Waals surface area contributed by atoms with Crippen LogP contribution in [0, 0.1) is 6.92 Å². The van der Waals surface area contributed by atoms with Gasteiger partial charge in [-0.2, -0.15) is 18.2 Å². The predicted molar refractivity (Wildman–Crippen MR) is 89.2 cm³/mol. The fourth-order valence-corrected chi connectivity index (χ4v) is 3.94. The number of sulfonamides is 1. The Balaban J connectivity index is 2.29. The van der Waals surface area contributed by atoms with Crippen LogP contribution in [-0.2, 0) is 10.0 Å². The van der Waals surface area contributed by atoms with E-state index < -0.39 is 22.6 Å². The van der Waals surface area contributed by atoms with Crippen molar-refractivity contribution in [3.05, 3.63) is 41.7 Å². The Hall–Kier alpha value is -2.00. The van der Waals surface area contributed by atoms with E-state index in [2.05, 4.69) is 5.10 Å². The summed E-state index contributed by atoms with van der Waals surface area (Å²) >= 11 is 0. The van der Waals surface area contributed by atoms with E-state index in [1.165, 1.54) is 14.0 Å². The summed E-state index contributed by atoms with van der Waals surface area (Å²) in [6.45, 7) is 2.55. The smallest absolute Gasteiger partial charge is 0.333 e. The van der Waals surface area contributed by atoms with Gasteiger partial charge in [0.05, 0.1) is 18.5 Å². The van der Waals surface area contributed by atoms with Gasteiger partial charge in [-0.1, -0.05) is 12.1 Å². The van der Waals surface area contributed by atoms with Crippen LogP contribution in [0.15, 0.2) is 35.4 Å². The van der Waals surface area contributed by atoms with E-state index in [-0.39, 0.29) is 10.6 Å². The summed E-state index contributed by atoms with van der Waals surface area (Å²) in [6, 6.07) is 6.58. The van der Waals surface area contributed by atoms with Crippen molar-refractivity contribution in [3.63, 3.8) is 0 Å². The number of rotatable bonds is 7. The van der Waals surface area contributed by atoms with Gasteiger partial charge in [-0.05, 0) is 38.5 Å². The predicted octanol–water partition coefficient (Wildman–Crippen LogP) is 3.37. The second-order valence-corrected chi connectivity index (χ2v) is 7.48. The number of aromatic nitrogens is 2. The molecular formula is C16H21F2N3O3S. The molecule has 0 saturated heterocycles. The highest BCUT2D eigenvalue weighted by molar-refractivity contribution is 7.89. The first-order valence-electron chi connectivity index (χ1n) is 7.73. The Morgan fingerprint density at radius 1 is 1.28 bits per heavy atom. The molecule has 9 heteroatoms. The molecule has 25 heavy (non-hydrogen) atoms. The minimum Gasteiger partial charge on any atom is -0.494 e. The van der Waals surface area contributed by atoms with Crippen molar-refractivity contribution in [1.29, 1.82) is 0 Å². The van der Waals surface area contributed by atoms with Gasteiger partial charge in [0.25, 0.3) is 0 Å². The highest BCUT2D eigenvalue weighted by Gasteiger charge is 2.30. The van der Waals surface area contributed by atoms with Gasteiger partial charge in [0.2, 0.25) is 10.0 Å². The van der Waals surface area contributed by atoms with Gasteiger partial charge in [-0.15, -0.1) is 0 Å². The first-order chi connectivity index (χ1) is 11.7. The average molecular weight is 373 g/mol. The number of hydrogen-bond donors (Lipinski definition) is 0. The lowest BCUT2D eigenvalue weighted by Gasteiger charge is -2.24. The second-order valence-electron chi connectivity index (χ2n) is 5.52. The van der Waals surface area contributed by atoms with E-state index in [4.69, 9.17) is 4.74 Å². The summed E-state index contributed by atoms with van der Waals surface area (Å²) in [5.41, 5.74) is 0.661. The molecule has 0 aliphatic carbocycles. The van der Waals surface area contributed by atoms with Gasteiger partial charge in [0, 0.05) is 13.1 Å². The highest BCUT2D eigenvalue weighted by atomic mass is 32.2. The largest absolute Gasteiger partial charge is 0.494 e. The van der Waals surface area contributed by atoms with Crippen molar-refractivity contribution in [3.8, 4) is 5.75 Å². The maximum Gasteiger partial charge on any atom is 0.333 e. The van der Waals surface area contributed by atoms with E-state index in [9.17, 15) is 17.2 Å². The molecule has 1 aromatic heterocycles. The Labute approximate surface area is 146 Å². The van der Waals surface area contributed by atoms with Crippen LogP contribution in [0.2, 0.25) is 0 Å². The van der Waals surface area contributed by atoms with Crippen LogP contribution in [0.25, 0.3) is 0 Å². The van der Waals surface area contributed by atoms with Gasteiger partial charge in [0.15, 0.2) is 0 Å². The van der Waals surface area contributed by atoms with Crippen molar-refractivity contribution in [2.75, 3.05) is 13.7 Å².